The summed E-state index contributed by atoms with van der Waals surface area (Å²) in [4.78, 5) is 22.0. The fourth-order valence-corrected chi connectivity index (χ4v) is 3.87. The van der Waals surface area contributed by atoms with Crippen LogP contribution in [0.3, 0.4) is 0 Å². The van der Waals surface area contributed by atoms with Crippen molar-refractivity contribution < 1.29 is 9.32 Å². The SMILES string of the molecule is Cc1cc(CN2CCN(C(=O)c3cnc(-c4cnn(C)c4)s3)CC2)on1. The molecule has 0 saturated carbocycles. The van der Waals surface area contributed by atoms with E-state index < -0.39 is 0 Å². The first-order valence-corrected chi connectivity index (χ1v) is 9.29. The maximum atomic E-state index is 12.7. The van der Waals surface area contributed by atoms with Gasteiger partial charge in [0.2, 0.25) is 0 Å². The van der Waals surface area contributed by atoms with E-state index >= 15 is 0 Å². The number of carbonyl (C=O) groups excluding carboxylic acids is 1. The Balaban J connectivity index is 1.35. The van der Waals surface area contributed by atoms with Crippen LogP contribution in [-0.4, -0.2) is 61.8 Å². The molecule has 3 aromatic heterocycles. The summed E-state index contributed by atoms with van der Waals surface area (Å²) < 4.78 is 7.00. The van der Waals surface area contributed by atoms with Crippen LogP contribution in [0, 0.1) is 6.92 Å². The first kappa shape index (κ1) is 16.9. The third-order valence-corrected chi connectivity index (χ3v) is 5.42. The molecular weight excluding hydrogens is 352 g/mol. The van der Waals surface area contributed by atoms with Crippen molar-refractivity contribution in [3.63, 3.8) is 0 Å². The van der Waals surface area contributed by atoms with E-state index in [2.05, 4.69) is 20.1 Å². The minimum Gasteiger partial charge on any atom is -0.360 e. The van der Waals surface area contributed by atoms with Gasteiger partial charge in [0.1, 0.15) is 9.88 Å². The molecule has 9 heteroatoms. The van der Waals surface area contributed by atoms with Gasteiger partial charge in [-0.15, -0.1) is 11.3 Å². The molecule has 26 heavy (non-hydrogen) atoms. The van der Waals surface area contributed by atoms with Crippen molar-refractivity contribution in [2.45, 2.75) is 13.5 Å². The molecule has 0 aliphatic carbocycles. The lowest BCUT2D eigenvalue weighted by Crippen LogP contribution is -2.48. The number of carbonyl (C=O) groups is 1. The summed E-state index contributed by atoms with van der Waals surface area (Å²) in [6.07, 6.45) is 5.33. The highest BCUT2D eigenvalue weighted by molar-refractivity contribution is 7.16. The zero-order valence-electron chi connectivity index (χ0n) is 14.8. The molecule has 3 aromatic rings. The Morgan fingerprint density at radius 2 is 2.08 bits per heavy atom. The molecule has 0 spiro atoms. The molecule has 1 aliphatic heterocycles. The first-order valence-electron chi connectivity index (χ1n) is 8.47. The van der Waals surface area contributed by atoms with Gasteiger partial charge in [0.05, 0.1) is 24.6 Å². The number of piperazine rings is 1. The third-order valence-electron chi connectivity index (χ3n) is 4.38. The van der Waals surface area contributed by atoms with Crippen molar-refractivity contribution in [1.82, 2.24) is 29.7 Å². The van der Waals surface area contributed by atoms with Crippen LogP contribution in [0.15, 0.2) is 29.2 Å². The lowest BCUT2D eigenvalue weighted by Gasteiger charge is -2.33. The Bertz CT molecular complexity index is 906. The molecule has 136 valence electrons. The standard InChI is InChI=1S/C17H20N6O2S/c1-12-7-14(25-20-12)11-22-3-5-23(6-4-22)17(24)15-9-18-16(26-15)13-8-19-21(2)10-13/h7-10H,3-6,11H2,1-2H3. The summed E-state index contributed by atoms with van der Waals surface area (Å²) in [7, 11) is 1.86. The minimum absolute atomic E-state index is 0.0489. The fraction of sp³-hybridized carbons (Fsp3) is 0.412. The van der Waals surface area contributed by atoms with E-state index in [0.717, 1.165) is 41.7 Å². The number of hydrogen-bond donors (Lipinski definition) is 0. The number of thiazole rings is 1. The van der Waals surface area contributed by atoms with Crippen LogP contribution in [0.5, 0.6) is 0 Å². The van der Waals surface area contributed by atoms with Gasteiger partial charge in [-0.1, -0.05) is 5.16 Å². The second kappa shape index (κ2) is 7.00. The van der Waals surface area contributed by atoms with Crippen molar-refractivity contribution in [2.75, 3.05) is 26.2 Å². The predicted octanol–water partition coefficient (Wildman–Crippen LogP) is 1.80. The molecule has 1 fully saturated rings. The molecular formula is C17H20N6O2S. The Labute approximate surface area is 155 Å². The average molecular weight is 372 g/mol. The molecule has 1 amide bonds. The minimum atomic E-state index is 0.0489. The zero-order chi connectivity index (χ0) is 18.1. The fourth-order valence-electron chi connectivity index (χ4n) is 3.01. The van der Waals surface area contributed by atoms with E-state index in [1.165, 1.54) is 11.3 Å². The number of rotatable bonds is 4. The van der Waals surface area contributed by atoms with Gasteiger partial charge in [-0.3, -0.25) is 14.4 Å². The van der Waals surface area contributed by atoms with Crippen molar-refractivity contribution >= 4 is 17.2 Å². The summed E-state index contributed by atoms with van der Waals surface area (Å²) >= 11 is 1.41. The number of aryl methyl sites for hydroxylation is 2. The largest absolute Gasteiger partial charge is 0.360 e. The van der Waals surface area contributed by atoms with Gasteiger partial charge in [0, 0.05) is 51.1 Å². The molecule has 0 aromatic carbocycles. The Morgan fingerprint density at radius 3 is 2.73 bits per heavy atom. The highest BCUT2D eigenvalue weighted by Crippen LogP contribution is 2.25. The van der Waals surface area contributed by atoms with Crippen LogP contribution in [-0.2, 0) is 13.6 Å². The molecule has 0 N–H and O–H groups in total. The molecule has 1 aliphatic rings. The number of hydrogen-bond acceptors (Lipinski definition) is 7. The molecule has 0 bridgehead atoms. The molecule has 0 unspecified atom stereocenters. The topological polar surface area (TPSA) is 80.3 Å². The second-order valence-electron chi connectivity index (χ2n) is 6.44. The van der Waals surface area contributed by atoms with Crippen molar-refractivity contribution in [2.24, 2.45) is 7.05 Å². The Morgan fingerprint density at radius 1 is 1.27 bits per heavy atom. The van der Waals surface area contributed by atoms with E-state index in [-0.39, 0.29) is 5.91 Å². The maximum Gasteiger partial charge on any atom is 0.265 e. The van der Waals surface area contributed by atoms with Crippen LogP contribution in [0.4, 0.5) is 0 Å². The highest BCUT2D eigenvalue weighted by Gasteiger charge is 2.24. The van der Waals surface area contributed by atoms with Gasteiger partial charge in [-0.2, -0.15) is 5.10 Å². The number of nitrogens with zero attached hydrogens (tertiary/aromatic N) is 6. The molecule has 4 heterocycles. The lowest BCUT2D eigenvalue weighted by atomic mass is 10.2. The van der Waals surface area contributed by atoms with Crippen LogP contribution in [0.25, 0.3) is 10.6 Å². The third kappa shape index (κ3) is 3.54. The van der Waals surface area contributed by atoms with E-state index in [9.17, 15) is 4.79 Å². The number of amides is 1. The number of aromatic nitrogens is 4. The molecule has 0 atom stereocenters. The predicted molar refractivity (Wildman–Crippen MR) is 96.7 cm³/mol. The van der Waals surface area contributed by atoms with Crippen molar-refractivity contribution in [1.29, 1.82) is 0 Å². The molecule has 8 nitrogen and oxygen atoms in total. The Kier molecular flexibility index (Phi) is 4.56. The smallest absolute Gasteiger partial charge is 0.265 e. The van der Waals surface area contributed by atoms with E-state index in [1.54, 1.807) is 17.1 Å². The average Bonchev–Trinajstić information content (AvgIpc) is 3.36. The molecule has 4 rings (SSSR count). The van der Waals surface area contributed by atoms with Crippen LogP contribution in [0.1, 0.15) is 21.1 Å². The summed E-state index contributed by atoms with van der Waals surface area (Å²) in [6.45, 7) is 5.69. The van der Waals surface area contributed by atoms with Crippen LogP contribution < -0.4 is 0 Å². The molecule has 1 saturated heterocycles. The van der Waals surface area contributed by atoms with Gasteiger partial charge in [-0.25, -0.2) is 4.98 Å². The first-order chi connectivity index (χ1) is 12.6. The zero-order valence-corrected chi connectivity index (χ0v) is 15.6. The van der Waals surface area contributed by atoms with Gasteiger partial charge in [0.15, 0.2) is 5.76 Å². The van der Waals surface area contributed by atoms with Crippen molar-refractivity contribution in [3.8, 4) is 10.6 Å². The highest BCUT2D eigenvalue weighted by atomic mass is 32.1. The van der Waals surface area contributed by atoms with Gasteiger partial charge >= 0.3 is 0 Å². The van der Waals surface area contributed by atoms with Gasteiger partial charge < -0.3 is 9.42 Å². The van der Waals surface area contributed by atoms with Gasteiger partial charge in [-0.05, 0) is 6.92 Å². The van der Waals surface area contributed by atoms with Crippen molar-refractivity contribution in [3.05, 3.63) is 41.0 Å². The van der Waals surface area contributed by atoms with E-state index in [1.807, 2.05) is 31.1 Å². The normalized spacial score (nSPS) is 15.5. The van der Waals surface area contributed by atoms with Crippen LogP contribution >= 0.6 is 11.3 Å². The Hall–Kier alpha value is -2.52. The summed E-state index contributed by atoms with van der Waals surface area (Å²) in [5.41, 5.74) is 1.83. The monoisotopic (exact) mass is 372 g/mol. The van der Waals surface area contributed by atoms with Gasteiger partial charge in [0.25, 0.3) is 5.91 Å². The molecule has 0 radical (unpaired) electrons. The quantitative estimate of drug-likeness (QED) is 0.695. The van der Waals surface area contributed by atoms with Crippen LogP contribution in [0.2, 0.25) is 0 Å². The second-order valence-corrected chi connectivity index (χ2v) is 7.47. The van der Waals surface area contributed by atoms with E-state index in [4.69, 9.17) is 4.52 Å². The summed E-state index contributed by atoms with van der Waals surface area (Å²) in [5.74, 6) is 0.915. The maximum absolute atomic E-state index is 12.7. The van der Waals surface area contributed by atoms with E-state index in [0.29, 0.717) is 18.0 Å². The summed E-state index contributed by atoms with van der Waals surface area (Å²) in [5, 5.41) is 8.89. The lowest BCUT2D eigenvalue weighted by molar-refractivity contribution is 0.0622. The summed E-state index contributed by atoms with van der Waals surface area (Å²) in [6, 6.07) is 1.95.